The van der Waals surface area contributed by atoms with Gasteiger partial charge in [0.15, 0.2) is 0 Å². The van der Waals surface area contributed by atoms with E-state index >= 15 is 0 Å². The lowest BCUT2D eigenvalue weighted by Crippen LogP contribution is -2.55. The van der Waals surface area contributed by atoms with E-state index in [4.69, 9.17) is 4.74 Å². The van der Waals surface area contributed by atoms with Crippen LogP contribution in [0.25, 0.3) is 0 Å². The second-order valence-electron chi connectivity index (χ2n) is 4.62. The SMILES string of the molecule is CCC1(COCC(F)(F)C(F)(F)C(F)(F)F)COC1. The maximum atomic E-state index is 12.9. The number of hydrogen-bond acceptors (Lipinski definition) is 2. The van der Waals surface area contributed by atoms with Crippen molar-refractivity contribution in [3.8, 4) is 0 Å². The highest BCUT2D eigenvalue weighted by atomic mass is 19.4. The third kappa shape index (κ3) is 3.13. The summed E-state index contributed by atoms with van der Waals surface area (Å²) in [6.07, 6.45) is -5.82. The van der Waals surface area contributed by atoms with Gasteiger partial charge >= 0.3 is 18.0 Å². The van der Waals surface area contributed by atoms with Crippen molar-refractivity contribution in [2.75, 3.05) is 26.4 Å². The average molecular weight is 298 g/mol. The highest BCUT2D eigenvalue weighted by Crippen LogP contribution is 2.46. The molecule has 0 unspecified atom stereocenters. The summed E-state index contributed by atoms with van der Waals surface area (Å²) in [4.78, 5) is 0. The summed E-state index contributed by atoms with van der Waals surface area (Å²) in [7, 11) is 0. The maximum Gasteiger partial charge on any atom is 0.459 e. The first-order valence-electron chi connectivity index (χ1n) is 5.45. The molecule has 1 aliphatic rings. The zero-order chi connectivity index (χ0) is 14.9. The second-order valence-corrected chi connectivity index (χ2v) is 4.62. The van der Waals surface area contributed by atoms with Crippen molar-refractivity contribution in [1.82, 2.24) is 0 Å². The first-order valence-corrected chi connectivity index (χ1v) is 5.45. The van der Waals surface area contributed by atoms with Crippen molar-refractivity contribution in [3.63, 3.8) is 0 Å². The molecule has 0 aromatic rings. The van der Waals surface area contributed by atoms with Gasteiger partial charge in [0.1, 0.15) is 6.61 Å². The monoisotopic (exact) mass is 298 g/mol. The molecule has 0 radical (unpaired) electrons. The molecule has 9 heteroatoms. The van der Waals surface area contributed by atoms with E-state index in [1.807, 2.05) is 0 Å². The zero-order valence-corrected chi connectivity index (χ0v) is 10.00. The Kier molecular flexibility index (Phi) is 4.41. The molecule has 0 aromatic heterocycles. The zero-order valence-electron chi connectivity index (χ0n) is 10.00. The molecule has 0 bridgehead atoms. The van der Waals surface area contributed by atoms with Gasteiger partial charge in [-0.15, -0.1) is 0 Å². The van der Waals surface area contributed by atoms with Crippen molar-refractivity contribution in [2.24, 2.45) is 5.41 Å². The fourth-order valence-electron chi connectivity index (χ4n) is 1.47. The molecule has 0 aromatic carbocycles. The van der Waals surface area contributed by atoms with Crippen molar-refractivity contribution in [3.05, 3.63) is 0 Å². The van der Waals surface area contributed by atoms with E-state index in [-0.39, 0.29) is 19.8 Å². The molecule has 1 saturated heterocycles. The molecule has 0 spiro atoms. The predicted molar refractivity (Wildman–Crippen MR) is 50.3 cm³/mol. The Morgan fingerprint density at radius 1 is 1.05 bits per heavy atom. The van der Waals surface area contributed by atoms with Crippen LogP contribution in [0.4, 0.5) is 30.7 Å². The molecule has 0 saturated carbocycles. The van der Waals surface area contributed by atoms with Crippen molar-refractivity contribution in [2.45, 2.75) is 31.4 Å². The lowest BCUT2D eigenvalue weighted by molar-refractivity contribution is -0.362. The van der Waals surface area contributed by atoms with Gasteiger partial charge in [0.2, 0.25) is 0 Å². The van der Waals surface area contributed by atoms with Crippen LogP contribution in [-0.2, 0) is 9.47 Å². The third-order valence-electron chi connectivity index (χ3n) is 3.07. The summed E-state index contributed by atoms with van der Waals surface area (Å²) in [5, 5.41) is 0. The highest BCUT2D eigenvalue weighted by molar-refractivity contribution is 4.91. The molecule has 0 atom stereocenters. The molecule has 1 rings (SSSR count). The Balaban J connectivity index is 2.55. The van der Waals surface area contributed by atoms with E-state index in [2.05, 4.69) is 4.74 Å². The Bertz CT molecular complexity index is 304. The summed E-state index contributed by atoms with van der Waals surface area (Å²) < 4.78 is 95.5. The summed E-state index contributed by atoms with van der Waals surface area (Å²) in [6, 6.07) is 0. The normalized spacial score (nSPS) is 20.2. The highest BCUT2D eigenvalue weighted by Gasteiger charge is 2.73. The fraction of sp³-hybridized carbons (Fsp3) is 1.00. The van der Waals surface area contributed by atoms with Crippen LogP contribution in [0.3, 0.4) is 0 Å². The Hall–Kier alpha value is -0.570. The molecule has 1 heterocycles. The molecule has 0 N–H and O–H groups in total. The van der Waals surface area contributed by atoms with Gasteiger partial charge in [-0.1, -0.05) is 6.92 Å². The molecule has 19 heavy (non-hydrogen) atoms. The quantitative estimate of drug-likeness (QED) is 0.701. The van der Waals surface area contributed by atoms with Crippen LogP contribution in [0, 0.1) is 5.41 Å². The van der Waals surface area contributed by atoms with Crippen LogP contribution < -0.4 is 0 Å². The second kappa shape index (κ2) is 5.08. The van der Waals surface area contributed by atoms with Crippen LogP contribution in [0.15, 0.2) is 0 Å². The molecule has 0 aliphatic carbocycles. The summed E-state index contributed by atoms with van der Waals surface area (Å²) in [5.41, 5.74) is -0.566. The van der Waals surface area contributed by atoms with Crippen LogP contribution >= 0.6 is 0 Å². The minimum absolute atomic E-state index is 0.213. The Morgan fingerprint density at radius 2 is 1.58 bits per heavy atom. The number of alkyl halides is 7. The largest absolute Gasteiger partial charge is 0.459 e. The van der Waals surface area contributed by atoms with E-state index in [1.54, 1.807) is 6.92 Å². The number of ether oxygens (including phenoxy) is 2. The molecular formula is C10H13F7O2. The van der Waals surface area contributed by atoms with E-state index in [9.17, 15) is 30.7 Å². The summed E-state index contributed by atoms with van der Waals surface area (Å²) >= 11 is 0. The topological polar surface area (TPSA) is 18.5 Å². The van der Waals surface area contributed by atoms with Gasteiger partial charge in [-0.25, -0.2) is 0 Å². The average Bonchev–Trinajstić information content (AvgIpc) is 2.20. The molecular weight excluding hydrogens is 285 g/mol. The number of rotatable bonds is 6. The fourth-order valence-corrected chi connectivity index (χ4v) is 1.47. The van der Waals surface area contributed by atoms with Crippen LogP contribution in [0.5, 0.6) is 0 Å². The first kappa shape index (κ1) is 16.5. The predicted octanol–water partition coefficient (Wildman–Crippen LogP) is 3.26. The van der Waals surface area contributed by atoms with Gasteiger partial charge in [0, 0.05) is 5.41 Å². The summed E-state index contributed by atoms with van der Waals surface area (Å²) in [5.74, 6) is -11.4. The van der Waals surface area contributed by atoms with Crippen LogP contribution in [0.1, 0.15) is 13.3 Å². The van der Waals surface area contributed by atoms with Gasteiger partial charge in [0.05, 0.1) is 19.8 Å². The molecule has 2 nitrogen and oxygen atoms in total. The Morgan fingerprint density at radius 3 is 1.89 bits per heavy atom. The number of hydrogen-bond donors (Lipinski definition) is 0. The standard InChI is InChI=1S/C10H13F7O2/c1-2-7(3-18-4-7)5-19-6-8(11,12)9(13,14)10(15,16)17/h2-6H2,1H3. The molecule has 114 valence electrons. The van der Waals surface area contributed by atoms with E-state index in [0.717, 1.165) is 0 Å². The molecule has 1 aliphatic heterocycles. The first-order chi connectivity index (χ1) is 8.47. The van der Waals surface area contributed by atoms with E-state index in [1.165, 1.54) is 0 Å². The molecule has 1 fully saturated rings. The minimum Gasteiger partial charge on any atom is -0.380 e. The van der Waals surface area contributed by atoms with E-state index < -0.39 is 30.0 Å². The lowest BCUT2D eigenvalue weighted by Gasteiger charge is -2.40. The Labute approximate surface area is 104 Å². The van der Waals surface area contributed by atoms with Gasteiger partial charge in [-0.05, 0) is 6.42 Å². The van der Waals surface area contributed by atoms with Crippen molar-refractivity contribution >= 4 is 0 Å². The van der Waals surface area contributed by atoms with Crippen LogP contribution in [-0.4, -0.2) is 44.4 Å². The van der Waals surface area contributed by atoms with E-state index in [0.29, 0.717) is 6.42 Å². The number of halogens is 7. The summed E-state index contributed by atoms with van der Waals surface area (Å²) in [6.45, 7) is -0.182. The van der Waals surface area contributed by atoms with Crippen molar-refractivity contribution < 1.29 is 40.2 Å². The third-order valence-corrected chi connectivity index (χ3v) is 3.07. The van der Waals surface area contributed by atoms with Gasteiger partial charge < -0.3 is 9.47 Å². The van der Waals surface area contributed by atoms with Gasteiger partial charge in [-0.3, -0.25) is 0 Å². The smallest absolute Gasteiger partial charge is 0.380 e. The molecule has 0 amide bonds. The minimum atomic E-state index is -6.32. The van der Waals surface area contributed by atoms with Crippen LogP contribution in [0.2, 0.25) is 0 Å². The maximum absolute atomic E-state index is 12.9. The van der Waals surface area contributed by atoms with Gasteiger partial charge in [0.25, 0.3) is 0 Å². The van der Waals surface area contributed by atoms with Crippen molar-refractivity contribution in [1.29, 1.82) is 0 Å². The van der Waals surface area contributed by atoms with Gasteiger partial charge in [-0.2, -0.15) is 30.7 Å². The lowest BCUT2D eigenvalue weighted by atomic mass is 9.84.